The lowest BCUT2D eigenvalue weighted by Gasteiger charge is -2.13. The molecule has 5 N–H and O–H groups in total. The Kier molecular flexibility index (Phi) is 5.36. The second-order valence-corrected chi connectivity index (χ2v) is 5.51. The number of nitrogens with two attached hydrogens (primary N) is 2. The molecular formula is C20H23N3. The van der Waals surface area contributed by atoms with Gasteiger partial charge < -0.3 is 11.5 Å². The van der Waals surface area contributed by atoms with Gasteiger partial charge in [0.05, 0.1) is 5.71 Å². The number of allylic oxidation sites excluding steroid dienone is 2. The van der Waals surface area contributed by atoms with E-state index in [2.05, 4.69) is 18.7 Å². The minimum atomic E-state index is 0.322. The molecule has 3 heteroatoms. The molecule has 0 unspecified atom stereocenters. The van der Waals surface area contributed by atoms with Crippen molar-refractivity contribution in [3.63, 3.8) is 0 Å². The van der Waals surface area contributed by atoms with E-state index in [1.54, 1.807) is 0 Å². The minimum Gasteiger partial charge on any atom is -0.401 e. The predicted molar refractivity (Wildman–Crippen MR) is 97.4 cm³/mol. The first-order valence-electron chi connectivity index (χ1n) is 7.68. The fourth-order valence-electron chi connectivity index (χ4n) is 2.47. The first-order valence-corrected chi connectivity index (χ1v) is 7.68. The maximum absolute atomic E-state index is 8.36. The quantitative estimate of drug-likeness (QED) is 0.561. The smallest absolute Gasteiger partial charge is 0.0722 e. The van der Waals surface area contributed by atoms with Gasteiger partial charge in [-0.15, -0.1) is 0 Å². The summed E-state index contributed by atoms with van der Waals surface area (Å²) in [6.07, 6.45) is 1.51. The van der Waals surface area contributed by atoms with Crippen LogP contribution in [-0.4, -0.2) is 5.71 Å². The topological polar surface area (TPSA) is 75.9 Å². The normalized spacial score (nSPS) is 11.7. The van der Waals surface area contributed by atoms with Gasteiger partial charge in [-0.25, -0.2) is 0 Å². The van der Waals surface area contributed by atoms with Crippen LogP contribution in [0.4, 0.5) is 0 Å². The zero-order valence-electron chi connectivity index (χ0n) is 13.5. The molecule has 2 rings (SSSR count). The van der Waals surface area contributed by atoms with Crippen molar-refractivity contribution in [1.29, 1.82) is 5.41 Å². The number of hydrogen-bond donors (Lipinski definition) is 3. The van der Waals surface area contributed by atoms with Gasteiger partial charge in [0.15, 0.2) is 0 Å². The Morgan fingerprint density at radius 3 is 2.04 bits per heavy atom. The lowest BCUT2D eigenvalue weighted by molar-refractivity contribution is 1.04. The third-order valence-corrected chi connectivity index (χ3v) is 3.77. The molecule has 0 spiro atoms. The van der Waals surface area contributed by atoms with Crippen molar-refractivity contribution in [1.82, 2.24) is 0 Å². The molecule has 0 saturated heterocycles. The van der Waals surface area contributed by atoms with Gasteiger partial charge in [-0.2, -0.15) is 0 Å². The molecule has 0 amide bonds. The van der Waals surface area contributed by atoms with Crippen molar-refractivity contribution in [2.45, 2.75) is 19.8 Å². The monoisotopic (exact) mass is 305 g/mol. The van der Waals surface area contributed by atoms with E-state index >= 15 is 0 Å². The first kappa shape index (κ1) is 16.6. The van der Waals surface area contributed by atoms with E-state index in [4.69, 9.17) is 16.9 Å². The van der Waals surface area contributed by atoms with Gasteiger partial charge in [0.25, 0.3) is 0 Å². The second kappa shape index (κ2) is 7.45. The van der Waals surface area contributed by atoms with Crippen LogP contribution >= 0.6 is 0 Å². The number of hydrogen-bond acceptors (Lipinski definition) is 3. The molecule has 2 aromatic rings. The highest BCUT2D eigenvalue weighted by Crippen LogP contribution is 2.18. The number of rotatable bonds is 6. The van der Waals surface area contributed by atoms with Crippen molar-refractivity contribution >= 4 is 5.71 Å². The molecule has 23 heavy (non-hydrogen) atoms. The Hall–Kier alpha value is -2.81. The van der Waals surface area contributed by atoms with E-state index < -0.39 is 0 Å². The molecule has 0 aliphatic heterocycles. The Labute approximate surface area is 137 Å². The van der Waals surface area contributed by atoms with Crippen LogP contribution in [0.5, 0.6) is 0 Å². The molecular weight excluding hydrogens is 282 g/mol. The summed E-state index contributed by atoms with van der Waals surface area (Å²) in [5.74, 6) is 0. The zero-order chi connectivity index (χ0) is 16.8. The zero-order valence-corrected chi connectivity index (χ0v) is 13.5. The molecule has 0 aromatic heterocycles. The van der Waals surface area contributed by atoms with Crippen LogP contribution in [0, 0.1) is 5.41 Å². The second-order valence-electron chi connectivity index (χ2n) is 5.51. The van der Waals surface area contributed by atoms with Gasteiger partial charge in [0.1, 0.15) is 0 Å². The van der Waals surface area contributed by atoms with Crippen molar-refractivity contribution in [2.75, 3.05) is 0 Å². The lowest BCUT2D eigenvalue weighted by atomic mass is 9.96. The third-order valence-electron chi connectivity index (χ3n) is 3.77. The first-order chi connectivity index (χ1) is 11.0. The molecule has 0 aliphatic rings. The summed E-state index contributed by atoms with van der Waals surface area (Å²) < 4.78 is 0. The maximum Gasteiger partial charge on any atom is 0.0722 e. The van der Waals surface area contributed by atoms with Crippen molar-refractivity contribution in [3.8, 4) is 0 Å². The van der Waals surface area contributed by atoms with Crippen molar-refractivity contribution in [2.24, 2.45) is 11.5 Å². The highest BCUT2D eigenvalue weighted by atomic mass is 14.7. The van der Waals surface area contributed by atoms with E-state index in [1.807, 2.05) is 49.4 Å². The Balaban J connectivity index is 2.22. The van der Waals surface area contributed by atoms with Gasteiger partial charge in [0.2, 0.25) is 0 Å². The molecule has 0 aliphatic carbocycles. The van der Waals surface area contributed by atoms with E-state index in [1.165, 1.54) is 11.1 Å². The van der Waals surface area contributed by atoms with Gasteiger partial charge in [0, 0.05) is 22.5 Å². The fourth-order valence-corrected chi connectivity index (χ4v) is 2.47. The van der Waals surface area contributed by atoms with Crippen LogP contribution in [0.2, 0.25) is 0 Å². The van der Waals surface area contributed by atoms with Crippen LogP contribution in [0.15, 0.2) is 78.1 Å². The minimum absolute atomic E-state index is 0.322. The Bertz CT molecular complexity index is 725. The standard InChI is InChI=1S/C20H23N3/c1-3-18(22)19(14(2)21)20(23)17-11-9-16(10-12-17)13-15-7-5-4-6-8-15/h4-12,23H,2-3,13,21-22H2,1H3/b19-18-,23-20?. The predicted octanol–water partition coefficient (Wildman–Crippen LogP) is 3.74. The van der Waals surface area contributed by atoms with E-state index in [9.17, 15) is 0 Å². The van der Waals surface area contributed by atoms with Crippen molar-refractivity contribution in [3.05, 3.63) is 94.8 Å². The van der Waals surface area contributed by atoms with Gasteiger partial charge in [-0.1, -0.05) is 68.1 Å². The largest absolute Gasteiger partial charge is 0.401 e. The molecule has 0 heterocycles. The number of nitrogens with one attached hydrogen (secondary N) is 1. The summed E-state index contributed by atoms with van der Waals surface area (Å²) in [4.78, 5) is 0. The summed E-state index contributed by atoms with van der Waals surface area (Å²) in [7, 11) is 0. The van der Waals surface area contributed by atoms with Gasteiger partial charge in [-0.3, -0.25) is 5.41 Å². The molecule has 0 radical (unpaired) electrons. The summed E-state index contributed by atoms with van der Waals surface area (Å²) in [6, 6.07) is 18.3. The molecule has 118 valence electrons. The fraction of sp³-hybridized carbons (Fsp3) is 0.150. The molecule has 0 atom stereocenters. The van der Waals surface area contributed by atoms with Crippen molar-refractivity contribution < 1.29 is 0 Å². The van der Waals surface area contributed by atoms with Crippen LogP contribution in [0.25, 0.3) is 0 Å². The average molecular weight is 305 g/mol. The van der Waals surface area contributed by atoms with E-state index in [-0.39, 0.29) is 0 Å². The molecule has 3 nitrogen and oxygen atoms in total. The molecule has 2 aromatic carbocycles. The lowest BCUT2D eigenvalue weighted by Crippen LogP contribution is -2.16. The SMILES string of the molecule is C=C(N)/C(C(=N)c1ccc(Cc2ccccc2)cc1)=C(/N)CC. The van der Waals surface area contributed by atoms with Crippen LogP contribution < -0.4 is 11.5 Å². The van der Waals surface area contributed by atoms with E-state index in [0.29, 0.717) is 29.1 Å². The molecule has 0 fully saturated rings. The highest BCUT2D eigenvalue weighted by molar-refractivity contribution is 6.13. The molecule has 0 bridgehead atoms. The third kappa shape index (κ3) is 4.10. The van der Waals surface area contributed by atoms with Gasteiger partial charge in [-0.05, 0) is 24.0 Å². The summed E-state index contributed by atoms with van der Waals surface area (Å²) in [6.45, 7) is 5.68. The maximum atomic E-state index is 8.36. The summed E-state index contributed by atoms with van der Waals surface area (Å²) >= 11 is 0. The van der Waals surface area contributed by atoms with Crippen LogP contribution in [0.1, 0.15) is 30.0 Å². The Morgan fingerprint density at radius 2 is 1.52 bits per heavy atom. The summed E-state index contributed by atoms with van der Waals surface area (Å²) in [5, 5.41) is 8.36. The van der Waals surface area contributed by atoms with E-state index in [0.717, 1.165) is 12.0 Å². The van der Waals surface area contributed by atoms with Gasteiger partial charge >= 0.3 is 0 Å². The van der Waals surface area contributed by atoms with Crippen LogP contribution in [0.3, 0.4) is 0 Å². The molecule has 0 saturated carbocycles. The van der Waals surface area contributed by atoms with Crippen LogP contribution in [-0.2, 0) is 6.42 Å². The summed E-state index contributed by atoms with van der Waals surface area (Å²) in [5.41, 5.74) is 16.9. The average Bonchev–Trinajstić information content (AvgIpc) is 2.56. The highest BCUT2D eigenvalue weighted by Gasteiger charge is 2.13. The number of benzene rings is 2. The Morgan fingerprint density at radius 1 is 0.957 bits per heavy atom.